The number of rotatable bonds is 5. The summed E-state index contributed by atoms with van der Waals surface area (Å²) in [5.41, 5.74) is 1.04. The number of hydrogen-bond donors (Lipinski definition) is 2. The molecule has 130 valence electrons. The average molecular weight is 347 g/mol. The third kappa shape index (κ3) is 3.49. The molecule has 1 aliphatic rings. The van der Waals surface area contributed by atoms with Crippen LogP contribution >= 0.6 is 0 Å². The van der Waals surface area contributed by atoms with Crippen molar-refractivity contribution in [2.45, 2.75) is 12.3 Å². The van der Waals surface area contributed by atoms with E-state index in [0.29, 0.717) is 17.1 Å². The van der Waals surface area contributed by atoms with E-state index in [1.807, 2.05) is 12.1 Å². The van der Waals surface area contributed by atoms with E-state index in [1.54, 1.807) is 54.9 Å². The maximum atomic E-state index is 12.4. The topological polar surface area (TPSA) is 84.2 Å². The van der Waals surface area contributed by atoms with Crippen LogP contribution in [0.2, 0.25) is 0 Å². The van der Waals surface area contributed by atoms with E-state index in [4.69, 9.17) is 4.42 Å². The Hall–Kier alpha value is -3.41. The van der Waals surface area contributed by atoms with Crippen LogP contribution in [0.15, 0.2) is 71.5 Å². The van der Waals surface area contributed by atoms with Crippen LogP contribution in [0.3, 0.4) is 0 Å². The summed E-state index contributed by atoms with van der Waals surface area (Å²) < 4.78 is 5.36. The van der Waals surface area contributed by atoms with Gasteiger partial charge in [0.15, 0.2) is 0 Å². The van der Waals surface area contributed by atoms with Gasteiger partial charge in [-0.3, -0.25) is 9.59 Å². The highest BCUT2D eigenvalue weighted by Gasteiger charge is 2.45. The first-order valence-corrected chi connectivity index (χ1v) is 8.37. The Balaban J connectivity index is 1.40. The lowest BCUT2D eigenvalue weighted by molar-refractivity contribution is -0.117. The van der Waals surface area contributed by atoms with Crippen molar-refractivity contribution in [2.24, 2.45) is 5.92 Å². The second kappa shape index (κ2) is 6.84. The Bertz CT molecular complexity index is 922. The molecule has 0 radical (unpaired) electrons. The zero-order chi connectivity index (χ0) is 17.9. The fraction of sp³-hybridized carbons (Fsp3) is 0.150. The number of benzene rings is 1. The molecule has 2 N–H and O–H groups in total. The lowest BCUT2D eigenvalue weighted by Gasteiger charge is -2.08. The first-order valence-electron chi connectivity index (χ1n) is 8.37. The summed E-state index contributed by atoms with van der Waals surface area (Å²) in [5, 5.41) is 5.60. The van der Waals surface area contributed by atoms with Gasteiger partial charge in [-0.15, -0.1) is 0 Å². The van der Waals surface area contributed by atoms with Gasteiger partial charge < -0.3 is 15.1 Å². The van der Waals surface area contributed by atoms with Gasteiger partial charge in [-0.2, -0.15) is 0 Å². The molecule has 3 aromatic rings. The Kier molecular flexibility index (Phi) is 4.23. The number of nitrogens with zero attached hydrogens (tertiary/aromatic N) is 1. The summed E-state index contributed by atoms with van der Waals surface area (Å²) in [5.74, 6) is 1.03. The van der Waals surface area contributed by atoms with Crippen LogP contribution in [-0.4, -0.2) is 16.8 Å². The number of furan rings is 1. The maximum absolute atomic E-state index is 12.4. The number of hydrogen-bond acceptors (Lipinski definition) is 4. The molecule has 2 atom stereocenters. The van der Waals surface area contributed by atoms with Gasteiger partial charge in [0, 0.05) is 29.3 Å². The standard InChI is InChI=1S/C20H17N3O3/c24-19(23-18-8-1-2-9-21-18)13-5-3-6-14(11-13)22-20(25)16-12-15(16)17-7-4-10-26-17/h1-11,15-16H,12H2,(H,22,25)(H,21,23,24)/t15-,16-/m1/s1. The van der Waals surface area contributed by atoms with E-state index >= 15 is 0 Å². The monoisotopic (exact) mass is 347 g/mol. The maximum Gasteiger partial charge on any atom is 0.256 e. The van der Waals surface area contributed by atoms with E-state index in [-0.39, 0.29) is 23.7 Å². The number of aromatic nitrogens is 1. The molecule has 2 amide bonds. The fourth-order valence-electron chi connectivity index (χ4n) is 2.90. The SMILES string of the molecule is O=C(Nc1ccccn1)c1cccc(NC(=O)[C@@H]2C[C@H]2c2ccco2)c1. The molecule has 2 heterocycles. The Labute approximate surface area is 150 Å². The Morgan fingerprint density at radius 1 is 1.04 bits per heavy atom. The Morgan fingerprint density at radius 2 is 1.96 bits per heavy atom. The molecule has 0 unspecified atom stereocenters. The van der Waals surface area contributed by atoms with Crippen LogP contribution in [0.5, 0.6) is 0 Å². The molecule has 0 saturated heterocycles. The minimum absolute atomic E-state index is 0.0614. The molecule has 0 spiro atoms. The normalized spacial score (nSPS) is 18.2. The molecule has 1 fully saturated rings. The molecule has 1 aliphatic carbocycles. The quantitative estimate of drug-likeness (QED) is 0.737. The van der Waals surface area contributed by atoms with E-state index in [1.165, 1.54) is 0 Å². The predicted molar refractivity (Wildman–Crippen MR) is 96.8 cm³/mol. The van der Waals surface area contributed by atoms with Gasteiger partial charge in [-0.1, -0.05) is 12.1 Å². The summed E-state index contributed by atoms with van der Waals surface area (Å²) in [7, 11) is 0. The van der Waals surface area contributed by atoms with E-state index in [9.17, 15) is 9.59 Å². The second-order valence-corrected chi connectivity index (χ2v) is 6.20. The van der Waals surface area contributed by atoms with Crippen LogP contribution in [0.1, 0.15) is 28.5 Å². The van der Waals surface area contributed by atoms with Gasteiger partial charge in [0.1, 0.15) is 11.6 Å². The van der Waals surface area contributed by atoms with Crippen LogP contribution in [0, 0.1) is 5.92 Å². The van der Waals surface area contributed by atoms with Gasteiger partial charge in [0.05, 0.1) is 6.26 Å². The highest BCUT2D eigenvalue weighted by molar-refractivity contribution is 6.05. The van der Waals surface area contributed by atoms with Crippen molar-refractivity contribution in [3.05, 3.63) is 78.4 Å². The summed E-state index contributed by atoms with van der Waals surface area (Å²) in [6.07, 6.45) is 4.00. The molecule has 6 nitrogen and oxygen atoms in total. The van der Waals surface area contributed by atoms with Gasteiger partial charge in [-0.05, 0) is 48.9 Å². The smallest absolute Gasteiger partial charge is 0.256 e. The number of carbonyl (C=O) groups is 2. The number of carbonyl (C=O) groups excluding carboxylic acids is 2. The van der Waals surface area contributed by atoms with E-state index < -0.39 is 0 Å². The van der Waals surface area contributed by atoms with Crippen LogP contribution in [-0.2, 0) is 4.79 Å². The zero-order valence-corrected chi connectivity index (χ0v) is 13.9. The average Bonchev–Trinajstić information content (AvgIpc) is 3.28. The van der Waals surface area contributed by atoms with Crippen molar-refractivity contribution in [1.29, 1.82) is 0 Å². The van der Waals surface area contributed by atoms with Gasteiger partial charge in [0.25, 0.3) is 5.91 Å². The van der Waals surface area contributed by atoms with Crippen molar-refractivity contribution in [3.8, 4) is 0 Å². The number of pyridine rings is 1. The second-order valence-electron chi connectivity index (χ2n) is 6.20. The Morgan fingerprint density at radius 3 is 2.73 bits per heavy atom. The van der Waals surface area contributed by atoms with Crippen molar-refractivity contribution in [3.63, 3.8) is 0 Å². The summed E-state index contributed by atoms with van der Waals surface area (Å²) in [6, 6.07) is 15.8. The predicted octanol–water partition coefficient (Wildman–Crippen LogP) is 3.67. The third-order valence-electron chi connectivity index (χ3n) is 4.33. The van der Waals surface area contributed by atoms with Crippen molar-refractivity contribution in [1.82, 2.24) is 4.98 Å². The molecule has 2 aromatic heterocycles. The number of anilines is 2. The summed E-state index contributed by atoms with van der Waals surface area (Å²) in [6.45, 7) is 0. The molecule has 6 heteroatoms. The van der Waals surface area contributed by atoms with E-state index in [2.05, 4.69) is 15.6 Å². The minimum Gasteiger partial charge on any atom is -0.469 e. The molecule has 4 rings (SSSR count). The number of nitrogens with one attached hydrogen (secondary N) is 2. The first-order chi connectivity index (χ1) is 12.7. The highest BCUT2D eigenvalue weighted by atomic mass is 16.3. The molecule has 0 aliphatic heterocycles. The minimum atomic E-state index is -0.278. The molecule has 26 heavy (non-hydrogen) atoms. The van der Waals surface area contributed by atoms with Gasteiger partial charge in [0.2, 0.25) is 5.91 Å². The van der Waals surface area contributed by atoms with Crippen LogP contribution < -0.4 is 10.6 Å². The van der Waals surface area contributed by atoms with Crippen molar-refractivity contribution < 1.29 is 14.0 Å². The largest absolute Gasteiger partial charge is 0.469 e. The van der Waals surface area contributed by atoms with Gasteiger partial charge in [-0.25, -0.2) is 4.98 Å². The zero-order valence-electron chi connectivity index (χ0n) is 13.9. The van der Waals surface area contributed by atoms with Gasteiger partial charge >= 0.3 is 0 Å². The third-order valence-corrected chi connectivity index (χ3v) is 4.33. The first kappa shape index (κ1) is 16.1. The lowest BCUT2D eigenvalue weighted by atomic mass is 10.1. The molecular formula is C20H17N3O3. The molecule has 1 saturated carbocycles. The van der Waals surface area contributed by atoms with Crippen molar-refractivity contribution in [2.75, 3.05) is 10.6 Å². The molecule has 0 bridgehead atoms. The lowest BCUT2D eigenvalue weighted by Crippen LogP contribution is -2.16. The summed E-state index contributed by atoms with van der Waals surface area (Å²) in [4.78, 5) is 28.8. The number of amides is 2. The van der Waals surface area contributed by atoms with Crippen molar-refractivity contribution >= 4 is 23.3 Å². The molecular weight excluding hydrogens is 330 g/mol. The van der Waals surface area contributed by atoms with Crippen LogP contribution in [0.4, 0.5) is 11.5 Å². The van der Waals surface area contributed by atoms with E-state index in [0.717, 1.165) is 12.2 Å². The molecule has 1 aromatic carbocycles. The summed E-state index contributed by atoms with van der Waals surface area (Å²) >= 11 is 0. The fourth-order valence-corrected chi connectivity index (χ4v) is 2.90. The van der Waals surface area contributed by atoms with Crippen LogP contribution in [0.25, 0.3) is 0 Å². The highest BCUT2D eigenvalue weighted by Crippen LogP contribution is 2.48.